The number of rotatable bonds is 13. The summed E-state index contributed by atoms with van der Waals surface area (Å²) in [5.74, 6) is -0.494. The van der Waals surface area contributed by atoms with Gasteiger partial charge >= 0.3 is 6.09 Å². The molecule has 1 atom stereocenters. The molecule has 44 heavy (non-hydrogen) atoms. The minimum atomic E-state index is -4.27. The zero-order valence-corrected chi connectivity index (χ0v) is 26.6. The van der Waals surface area contributed by atoms with Gasteiger partial charge in [0.05, 0.1) is 12.0 Å². The molecule has 13 heteroatoms. The molecule has 0 aliphatic carbocycles. The Morgan fingerprint density at radius 2 is 1.68 bits per heavy atom. The number of hydrogen-bond donors (Lipinski definition) is 3. The molecule has 1 heterocycles. The number of nitrogens with one attached hydrogen (secondary N) is 2. The summed E-state index contributed by atoms with van der Waals surface area (Å²) in [5, 5.41) is 12.3. The summed E-state index contributed by atoms with van der Waals surface area (Å²) in [4.78, 5) is 39.8. The molecule has 2 aromatic carbocycles. The van der Waals surface area contributed by atoms with E-state index in [1.165, 1.54) is 31.4 Å². The maximum Gasteiger partial charge on any atom is 0.407 e. The van der Waals surface area contributed by atoms with Crippen LogP contribution >= 0.6 is 0 Å². The number of likely N-dealkylation sites (tertiary alicyclic amines) is 1. The summed E-state index contributed by atoms with van der Waals surface area (Å²) >= 11 is 0. The van der Waals surface area contributed by atoms with Crippen molar-refractivity contribution in [3.8, 4) is 5.75 Å². The van der Waals surface area contributed by atoms with Crippen LogP contribution < -0.4 is 15.5 Å². The molecule has 0 aromatic heterocycles. The Bertz CT molecular complexity index is 1340. The predicted octanol–water partition coefficient (Wildman–Crippen LogP) is 3.35. The Balaban J connectivity index is 1.71. The van der Waals surface area contributed by atoms with Crippen LogP contribution in [0, 0.1) is 5.92 Å². The van der Waals surface area contributed by atoms with Crippen molar-refractivity contribution in [1.82, 2.24) is 20.0 Å². The zero-order chi connectivity index (χ0) is 32.3. The van der Waals surface area contributed by atoms with Crippen LogP contribution in [0.1, 0.15) is 52.0 Å². The lowest BCUT2D eigenvalue weighted by Crippen LogP contribution is -2.50. The van der Waals surface area contributed by atoms with Crippen molar-refractivity contribution in [3.05, 3.63) is 60.2 Å². The first-order chi connectivity index (χ1) is 20.8. The standard InChI is InChI=1S/C31H44N4O8S/c1-31(2,3)43-30(38)32-22-24-16-19-34(20-17-24)28(36)18-21-35(44(40,41)26-13-11-25(42-4)12-14-26)27(29(37)33-39)15-10-23-8-6-5-7-9-23/h5-9,11-14,24,27,39H,10,15-22H2,1-4H3,(H,32,38)(H,33,37). The number of aryl methyl sites for hydroxylation is 1. The first kappa shape index (κ1) is 34.8. The number of carbonyl (C=O) groups excluding carboxylic acids is 3. The van der Waals surface area contributed by atoms with Gasteiger partial charge in [-0.15, -0.1) is 0 Å². The fraction of sp³-hybridized carbons (Fsp3) is 0.516. The van der Waals surface area contributed by atoms with Crippen molar-refractivity contribution in [2.45, 2.75) is 69.4 Å². The molecule has 12 nitrogen and oxygen atoms in total. The molecule has 2 aromatic rings. The van der Waals surface area contributed by atoms with Gasteiger partial charge in [-0.3, -0.25) is 14.8 Å². The van der Waals surface area contributed by atoms with Gasteiger partial charge in [0, 0.05) is 32.6 Å². The van der Waals surface area contributed by atoms with E-state index in [0.29, 0.717) is 44.6 Å². The number of carbonyl (C=O) groups is 3. The molecule has 0 radical (unpaired) electrons. The monoisotopic (exact) mass is 632 g/mol. The van der Waals surface area contributed by atoms with Crippen molar-refractivity contribution < 1.29 is 37.5 Å². The van der Waals surface area contributed by atoms with E-state index in [0.717, 1.165) is 9.87 Å². The molecular formula is C31H44N4O8S. The average molecular weight is 633 g/mol. The second kappa shape index (κ2) is 15.9. The predicted molar refractivity (Wildman–Crippen MR) is 164 cm³/mol. The van der Waals surface area contributed by atoms with Gasteiger partial charge in [0.1, 0.15) is 17.4 Å². The Kier molecular flexibility index (Phi) is 12.6. The van der Waals surface area contributed by atoms with Gasteiger partial charge in [-0.2, -0.15) is 4.31 Å². The lowest BCUT2D eigenvalue weighted by molar-refractivity contribution is -0.135. The summed E-state index contributed by atoms with van der Waals surface area (Å²) < 4.78 is 39.2. The van der Waals surface area contributed by atoms with E-state index < -0.39 is 33.7 Å². The van der Waals surface area contributed by atoms with Gasteiger partial charge in [-0.25, -0.2) is 18.7 Å². The number of amides is 3. The summed E-state index contributed by atoms with van der Waals surface area (Å²) in [5.41, 5.74) is 1.92. The third kappa shape index (κ3) is 10.2. The quantitative estimate of drug-likeness (QED) is 0.224. The molecule has 3 N–H and O–H groups in total. The number of hydrogen-bond acceptors (Lipinski definition) is 8. The average Bonchev–Trinajstić information content (AvgIpc) is 3.01. The molecule has 1 unspecified atom stereocenters. The third-order valence-corrected chi connectivity index (χ3v) is 9.35. The highest BCUT2D eigenvalue weighted by Crippen LogP contribution is 2.25. The molecule has 0 saturated carbocycles. The van der Waals surface area contributed by atoms with Crippen LogP contribution in [0.15, 0.2) is 59.5 Å². The third-order valence-electron chi connectivity index (χ3n) is 7.42. The second-order valence-electron chi connectivity index (χ2n) is 11.8. The minimum absolute atomic E-state index is 0.0699. The Morgan fingerprint density at radius 3 is 2.25 bits per heavy atom. The van der Waals surface area contributed by atoms with Gasteiger partial charge in [0.2, 0.25) is 15.9 Å². The van der Waals surface area contributed by atoms with Crippen molar-refractivity contribution in [2.24, 2.45) is 5.92 Å². The minimum Gasteiger partial charge on any atom is -0.497 e. The zero-order valence-electron chi connectivity index (χ0n) is 25.8. The van der Waals surface area contributed by atoms with E-state index in [4.69, 9.17) is 9.47 Å². The molecule has 1 aliphatic heterocycles. The normalized spacial score (nSPS) is 15.0. The Morgan fingerprint density at radius 1 is 1.05 bits per heavy atom. The van der Waals surface area contributed by atoms with E-state index in [1.807, 2.05) is 30.3 Å². The van der Waals surface area contributed by atoms with E-state index >= 15 is 0 Å². The molecule has 3 rings (SSSR count). The molecule has 1 aliphatic rings. The molecule has 242 valence electrons. The molecule has 3 amide bonds. The lowest BCUT2D eigenvalue weighted by atomic mass is 9.96. The van der Waals surface area contributed by atoms with Gasteiger partial charge in [0.25, 0.3) is 5.91 Å². The molecule has 1 saturated heterocycles. The molecule has 1 fully saturated rings. The van der Waals surface area contributed by atoms with Crippen LogP contribution in [-0.4, -0.2) is 85.7 Å². The molecular weight excluding hydrogens is 588 g/mol. The van der Waals surface area contributed by atoms with Crippen molar-refractivity contribution in [1.29, 1.82) is 0 Å². The number of alkyl carbamates (subject to hydrolysis) is 1. The van der Waals surface area contributed by atoms with Crippen molar-refractivity contribution in [3.63, 3.8) is 0 Å². The highest BCUT2D eigenvalue weighted by atomic mass is 32.2. The van der Waals surface area contributed by atoms with E-state index in [-0.39, 0.29) is 36.1 Å². The van der Waals surface area contributed by atoms with Crippen molar-refractivity contribution in [2.75, 3.05) is 33.3 Å². The topological polar surface area (TPSA) is 155 Å². The van der Waals surface area contributed by atoms with Gasteiger partial charge in [-0.1, -0.05) is 30.3 Å². The number of nitrogens with zero attached hydrogens (tertiary/aromatic N) is 2. The van der Waals surface area contributed by atoms with Crippen LogP contribution in [0.2, 0.25) is 0 Å². The van der Waals surface area contributed by atoms with Crippen LogP contribution in [0.4, 0.5) is 4.79 Å². The van der Waals surface area contributed by atoms with E-state index in [9.17, 15) is 28.0 Å². The van der Waals surface area contributed by atoms with Crippen molar-refractivity contribution >= 4 is 27.9 Å². The van der Waals surface area contributed by atoms with E-state index in [2.05, 4.69) is 5.32 Å². The number of benzene rings is 2. The van der Waals surface area contributed by atoms with Crippen LogP contribution in [0.5, 0.6) is 5.75 Å². The number of methoxy groups -OCH3 is 1. The summed E-state index contributed by atoms with van der Waals surface area (Å²) in [7, 11) is -2.80. The van der Waals surface area contributed by atoms with Gasteiger partial charge < -0.3 is 19.7 Å². The number of ether oxygens (including phenoxy) is 2. The van der Waals surface area contributed by atoms with E-state index in [1.54, 1.807) is 31.2 Å². The Labute approximate surface area is 259 Å². The largest absolute Gasteiger partial charge is 0.497 e. The highest BCUT2D eigenvalue weighted by molar-refractivity contribution is 7.89. The summed E-state index contributed by atoms with van der Waals surface area (Å²) in [6.07, 6.45) is 1.14. The van der Waals surface area contributed by atoms with Crippen LogP contribution in [-0.2, 0) is 30.8 Å². The second-order valence-corrected chi connectivity index (χ2v) is 13.7. The van der Waals surface area contributed by atoms with Crippen LogP contribution in [0.25, 0.3) is 0 Å². The summed E-state index contributed by atoms with van der Waals surface area (Å²) in [6, 6.07) is 13.8. The number of piperidine rings is 1. The first-order valence-corrected chi connectivity index (χ1v) is 16.2. The fourth-order valence-electron chi connectivity index (χ4n) is 5.05. The van der Waals surface area contributed by atoms with Gasteiger partial charge in [-0.05, 0) is 82.2 Å². The highest BCUT2D eigenvalue weighted by Gasteiger charge is 2.36. The maximum atomic E-state index is 13.9. The maximum absolute atomic E-state index is 13.9. The SMILES string of the molecule is COc1ccc(S(=O)(=O)N(CCC(=O)N2CCC(CNC(=O)OC(C)(C)C)CC2)C(CCc2ccccc2)C(=O)NO)cc1. The summed E-state index contributed by atoms with van der Waals surface area (Å²) in [6.45, 7) is 6.47. The molecule has 0 bridgehead atoms. The lowest BCUT2D eigenvalue weighted by Gasteiger charge is -2.34. The first-order valence-electron chi connectivity index (χ1n) is 14.7. The fourth-order valence-corrected chi connectivity index (χ4v) is 6.67. The van der Waals surface area contributed by atoms with Gasteiger partial charge in [0.15, 0.2) is 0 Å². The smallest absolute Gasteiger partial charge is 0.407 e. The van der Waals surface area contributed by atoms with Crippen LogP contribution in [0.3, 0.4) is 0 Å². The number of sulfonamides is 1. The Hall–Kier alpha value is -3.68. The number of hydroxylamine groups is 1. The molecule has 0 spiro atoms.